The van der Waals surface area contributed by atoms with Gasteiger partial charge in [-0.2, -0.15) is 0 Å². The first-order chi connectivity index (χ1) is 21.2. The molecule has 1 amide bonds. The van der Waals surface area contributed by atoms with Crippen molar-refractivity contribution in [2.24, 2.45) is 0 Å². The van der Waals surface area contributed by atoms with E-state index in [9.17, 15) is 18.3 Å². The summed E-state index contributed by atoms with van der Waals surface area (Å²) in [5, 5.41) is 17.1. The molecule has 2 atom stereocenters. The number of rotatable bonds is 13. The summed E-state index contributed by atoms with van der Waals surface area (Å²) in [6.07, 6.45) is 5.28. The maximum atomic E-state index is 13.7. The third-order valence-electron chi connectivity index (χ3n) is 7.81. The van der Waals surface area contributed by atoms with Gasteiger partial charge in [-0.25, -0.2) is 18.1 Å². The van der Waals surface area contributed by atoms with Gasteiger partial charge in [0.25, 0.3) is 0 Å². The fraction of sp³-hybridized carbons (Fsp3) is 0.529. The van der Waals surface area contributed by atoms with Crippen LogP contribution in [-0.4, -0.2) is 48.5 Å². The van der Waals surface area contributed by atoms with Crippen molar-refractivity contribution in [1.29, 1.82) is 0 Å². The van der Waals surface area contributed by atoms with E-state index in [1.54, 1.807) is 45.2 Å². The van der Waals surface area contributed by atoms with Gasteiger partial charge in [0.2, 0.25) is 22.3 Å². The highest BCUT2D eigenvalue weighted by Gasteiger charge is 2.29. The molecule has 0 unspecified atom stereocenters. The van der Waals surface area contributed by atoms with Crippen LogP contribution < -0.4 is 15.4 Å². The lowest BCUT2D eigenvalue weighted by atomic mass is 9.86. The predicted molar refractivity (Wildman–Crippen MR) is 181 cm³/mol. The number of carbonyl (C=O) groups excluding carboxylic acids is 1. The molecule has 3 aromatic rings. The molecule has 2 aromatic carbocycles. The van der Waals surface area contributed by atoms with Gasteiger partial charge in [0.15, 0.2) is 0 Å². The summed E-state index contributed by atoms with van der Waals surface area (Å²) in [6, 6.07) is 15.3. The number of nitrogens with one attached hydrogen (secondary N) is 3. The zero-order valence-electron chi connectivity index (χ0n) is 27.2. The fourth-order valence-electron chi connectivity index (χ4n) is 5.61. The summed E-state index contributed by atoms with van der Waals surface area (Å²) in [6.45, 7) is 11.3. The van der Waals surface area contributed by atoms with Gasteiger partial charge >= 0.3 is 0 Å². The van der Waals surface area contributed by atoms with Crippen molar-refractivity contribution >= 4 is 33.0 Å². The SMILES string of the molecule is CC(C)O[C@H](O)NC1CCC(c2ncc(-c3ccc(NC(=O)CC[C@H](C)c4ccccc4)cc3S(=O)(=O)NC(C)(C)C)s2)CC1. The molecule has 1 aliphatic carbocycles. The van der Waals surface area contributed by atoms with Crippen molar-refractivity contribution in [2.45, 2.75) is 121 Å². The van der Waals surface area contributed by atoms with Crippen molar-refractivity contribution in [1.82, 2.24) is 15.0 Å². The van der Waals surface area contributed by atoms with E-state index in [2.05, 4.69) is 34.4 Å². The van der Waals surface area contributed by atoms with E-state index < -0.39 is 22.0 Å². The Kier molecular flexibility index (Phi) is 11.9. The highest BCUT2D eigenvalue weighted by Crippen LogP contribution is 2.40. The smallest absolute Gasteiger partial charge is 0.241 e. The van der Waals surface area contributed by atoms with Gasteiger partial charge in [-0.05, 0) is 90.3 Å². The third kappa shape index (κ3) is 10.4. The van der Waals surface area contributed by atoms with Crippen LogP contribution in [-0.2, 0) is 19.6 Å². The number of sulfonamides is 1. The number of aliphatic hydroxyl groups excluding tert-OH is 1. The second kappa shape index (κ2) is 15.3. The zero-order valence-corrected chi connectivity index (χ0v) is 28.8. The Morgan fingerprint density at radius 1 is 1.07 bits per heavy atom. The Morgan fingerprint density at radius 2 is 1.76 bits per heavy atom. The molecule has 246 valence electrons. The zero-order chi connectivity index (χ0) is 32.8. The van der Waals surface area contributed by atoms with Crippen molar-refractivity contribution in [3.05, 3.63) is 65.3 Å². The molecule has 1 heterocycles. The van der Waals surface area contributed by atoms with E-state index in [-0.39, 0.29) is 34.8 Å². The molecule has 0 spiro atoms. The van der Waals surface area contributed by atoms with E-state index in [1.807, 2.05) is 32.0 Å². The highest BCUT2D eigenvalue weighted by molar-refractivity contribution is 7.89. The Bertz CT molecular complexity index is 1510. The number of aromatic nitrogens is 1. The maximum absolute atomic E-state index is 13.7. The molecule has 0 aliphatic heterocycles. The van der Waals surface area contributed by atoms with Crippen LogP contribution in [0.3, 0.4) is 0 Å². The average Bonchev–Trinajstić information content (AvgIpc) is 3.45. The molecule has 0 bridgehead atoms. The largest absolute Gasteiger partial charge is 0.356 e. The number of benzene rings is 2. The number of nitrogens with zero attached hydrogens (tertiary/aromatic N) is 1. The second-order valence-electron chi connectivity index (χ2n) is 13.3. The molecule has 0 saturated heterocycles. The highest BCUT2D eigenvalue weighted by atomic mass is 32.2. The van der Waals surface area contributed by atoms with E-state index in [1.165, 1.54) is 16.9 Å². The second-order valence-corrected chi connectivity index (χ2v) is 16.0. The molecule has 11 heteroatoms. The maximum Gasteiger partial charge on any atom is 0.241 e. The van der Waals surface area contributed by atoms with Crippen molar-refractivity contribution in [2.75, 3.05) is 5.32 Å². The van der Waals surface area contributed by atoms with Gasteiger partial charge in [0.1, 0.15) is 0 Å². The van der Waals surface area contributed by atoms with Crippen LogP contribution in [0.4, 0.5) is 5.69 Å². The minimum Gasteiger partial charge on any atom is -0.356 e. The van der Waals surface area contributed by atoms with Gasteiger partial charge in [0.05, 0.1) is 20.9 Å². The van der Waals surface area contributed by atoms with Gasteiger partial charge in [0, 0.05) is 41.4 Å². The van der Waals surface area contributed by atoms with E-state index >= 15 is 0 Å². The standard InChI is InChI=1S/C34H48N4O5S2/c1-22(2)43-33(40)37-26-15-13-25(14-16-26)32-35-21-29(44-32)28-18-17-27(20-30(28)45(41,42)38-34(4,5)6)36-31(39)19-12-23(3)24-10-8-7-9-11-24/h7-11,17-18,20-23,25-26,33,37-38,40H,12-16,19H2,1-6H3,(H,36,39)/t23-,25?,26?,33-/m0/s1. The van der Waals surface area contributed by atoms with Crippen molar-refractivity contribution < 1.29 is 23.1 Å². The molecular formula is C34H48N4O5S2. The summed E-state index contributed by atoms with van der Waals surface area (Å²) in [7, 11) is -3.93. The minimum atomic E-state index is -3.93. The van der Waals surface area contributed by atoms with E-state index in [4.69, 9.17) is 9.72 Å². The Labute approximate surface area is 272 Å². The summed E-state index contributed by atoms with van der Waals surface area (Å²) in [5.41, 5.74) is 1.47. The van der Waals surface area contributed by atoms with Crippen molar-refractivity contribution in [3.8, 4) is 10.4 Å². The first kappa shape index (κ1) is 35.2. The van der Waals surface area contributed by atoms with Crippen LogP contribution in [0, 0.1) is 0 Å². The third-order valence-corrected chi connectivity index (χ3v) is 10.8. The van der Waals surface area contributed by atoms with Crippen LogP contribution >= 0.6 is 11.3 Å². The molecule has 1 aromatic heterocycles. The quantitative estimate of drug-likeness (QED) is 0.150. The number of amides is 1. The summed E-state index contributed by atoms with van der Waals surface area (Å²) < 4.78 is 35.5. The molecule has 4 rings (SSSR count). The molecular weight excluding hydrogens is 609 g/mol. The number of hydrogen-bond acceptors (Lipinski definition) is 8. The Morgan fingerprint density at radius 3 is 2.40 bits per heavy atom. The molecule has 9 nitrogen and oxygen atoms in total. The molecule has 1 aliphatic rings. The topological polar surface area (TPSA) is 130 Å². The van der Waals surface area contributed by atoms with Crippen LogP contribution in [0.25, 0.3) is 10.4 Å². The van der Waals surface area contributed by atoms with Gasteiger partial charge < -0.3 is 15.2 Å². The van der Waals surface area contributed by atoms with Crippen LogP contribution in [0.1, 0.15) is 102 Å². The number of thiazole rings is 1. The van der Waals surface area contributed by atoms with Gasteiger partial charge in [-0.1, -0.05) is 43.3 Å². The lowest BCUT2D eigenvalue weighted by molar-refractivity contribution is -0.150. The minimum absolute atomic E-state index is 0.0658. The number of anilines is 1. The van der Waals surface area contributed by atoms with Gasteiger partial charge in [-0.15, -0.1) is 11.3 Å². The molecule has 0 radical (unpaired) electrons. The van der Waals surface area contributed by atoms with Crippen LogP contribution in [0.5, 0.6) is 0 Å². The van der Waals surface area contributed by atoms with Crippen molar-refractivity contribution in [3.63, 3.8) is 0 Å². The molecule has 4 N–H and O–H groups in total. The summed E-state index contributed by atoms with van der Waals surface area (Å²) in [4.78, 5) is 18.5. The Hall–Kier alpha value is -2.67. The number of ether oxygens (including phenoxy) is 1. The lowest BCUT2D eigenvalue weighted by Gasteiger charge is -2.30. The summed E-state index contributed by atoms with van der Waals surface area (Å²) in [5.74, 6) is 0.323. The average molecular weight is 657 g/mol. The Balaban J connectivity index is 1.49. The number of hydrogen-bond donors (Lipinski definition) is 4. The molecule has 45 heavy (non-hydrogen) atoms. The van der Waals surface area contributed by atoms with E-state index in [0.717, 1.165) is 35.6 Å². The lowest BCUT2D eigenvalue weighted by Crippen LogP contribution is -2.42. The monoisotopic (exact) mass is 656 g/mol. The van der Waals surface area contributed by atoms with Crippen LogP contribution in [0.15, 0.2) is 59.6 Å². The van der Waals surface area contributed by atoms with E-state index in [0.29, 0.717) is 24.1 Å². The van der Waals surface area contributed by atoms with Gasteiger partial charge in [-0.3, -0.25) is 10.1 Å². The normalized spacial score (nSPS) is 18.9. The first-order valence-electron chi connectivity index (χ1n) is 15.8. The number of aliphatic hydroxyl groups is 1. The first-order valence-corrected chi connectivity index (χ1v) is 18.1. The molecule has 1 fully saturated rings. The number of carbonyl (C=O) groups is 1. The van der Waals surface area contributed by atoms with Crippen LogP contribution in [0.2, 0.25) is 0 Å². The fourth-order valence-corrected chi connectivity index (χ4v) is 8.47. The molecule has 1 saturated carbocycles. The summed E-state index contributed by atoms with van der Waals surface area (Å²) >= 11 is 1.51. The predicted octanol–water partition coefficient (Wildman–Crippen LogP) is 6.73.